The Bertz CT molecular complexity index is 681. The molecule has 0 spiro atoms. The minimum Gasteiger partial charge on any atom is -0.500 e. The summed E-state index contributed by atoms with van der Waals surface area (Å²) in [5.41, 5.74) is 2.55. The second-order valence-electron chi connectivity index (χ2n) is 5.17. The van der Waals surface area contributed by atoms with Crippen molar-refractivity contribution in [2.45, 2.75) is 12.8 Å². The minimum atomic E-state index is 0.122. The van der Waals surface area contributed by atoms with Gasteiger partial charge >= 0.3 is 0 Å². The van der Waals surface area contributed by atoms with E-state index in [4.69, 9.17) is 88.7 Å². The van der Waals surface area contributed by atoms with Crippen LogP contribution < -0.4 is 15.0 Å². The highest BCUT2D eigenvalue weighted by Crippen LogP contribution is 2.37. The molecule has 1 N–H and O–H groups in total. The van der Waals surface area contributed by atoms with Crippen molar-refractivity contribution < 1.29 is 19.0 Å². The maximum atomic E-state index is 6.20. The lowest BCUT2D eigenvalue weighted by atomic mass is 10.3. The molecule has 0 saturated carbocycles. The third-order valence-corrected chi connectivity index (χ3v) is 4.18. The van der Waals surface area contributed by atoms with Crippen molar-refractivity contribution in [1.29, 1.82) is 0 Å². The summed E-state index contributed by atoms with van der Waals surface area (Å²) in [6, 6.07) is 3.22. The van der Waals surface area contributed by atoms with Gasteiger partial charge in [0.1, 0.15) is 27.6 Å². The van der Waals surface area contributed by atoms with Gasteiger partial charge in [-0.25, -0.2) is 0 Å². The Labute approximate surface area is 200 Å². The van der Waals surface area contributed by atoms with E-state index in [-0.39, 0.29) is 22.2 Å². The molecule has 0 aliphatic heterocycles. The molecule has 0 radical (unpaired) electrons. The van der Waals surface area contributed by atoms with Crippen LogP contribution in [0.1, 0.15) is 12.8 Å². The fourth-order valence-electron chi connectivity index (χ4n) is 1.77. The molecule has 5 nitrogen and oxygen atoms in total. The highest BCUT2D eigenvalue weighted by atomic mass is 35.5. The van der Waals surface area contributed by atoms with E-state index >= 15 is 0 Å². The predicted octanol–water partition coefficient (Wildman–Crippen LogP) is 7.18. The summed E-state index contributed by atoms with van der Waals surface area (Å²) in [4.78, 5) is 4.97. The number of benzene rings is 1. The Morgan fingerprint density at radius 1 is 0.862 bits per heavy atom. The van der Waals surface area contributed by atoms with Gasteiger partial charge in [-0.1, -0.05) is 69.6 Å². The molecule has 0 aliphatic rings. The molecule has 1 rings (SSSR count). The molecule has 0 heterocycles. The number of nitrogens with one attached hydrogen (secondary N) is 1. The van der Waals surface area contributed by atoms with Crippen LogP contribution >= 0.6 is 69.6 Å². The van der Waals surface area contributed by atoms with Gasteiger partial charge < -0.3 is 14.2 Å². The van der Waals surface area contributed by atoms with Gasteiger partial charge in [-0.2, -0.15) is 0 Å². The van der Waals surface area contributed by atoms with E-state index in [1.807, 2.05) is 0 Å². The summed E-state index contributed by atoms with van der Waals surface area (Å²) in [6.45, 7) is 1.38. The number of hydrogen-bond acceptors (Lipinski definition) is 5. The average molecular weight is 526 g/mol. The molecular formula is C18H19Cl6NO4. The van der Waals surface area contributed by atoms with Crippen LogP contribution in [0.3, 0.4) is 0 Å². The van der Waals surface area contributed by atoms with Gasteiger partial charge in [-0.05, 0) is 25.0 Å². The standard InChI is InChI=1S/C18H19Cl6NO4/c19-14-11-13(27-8-3-16(21)22)12-15(20)18(14)28-7-2-1-6-26-10-5-25-29-9-4-17(23)24/h3-5,10-12,25H,1-2,6-9H2. The first kappa shape index (κ1) is 26.4. The lowest BCUT2D eigenvalue weighted by Crippen LogP contribution is -2.06. The Balaban J connectivity index is 2.21. The van der Waals surface area contributed by atoms with Gasteiger partial charge in [0, 0.05) is 12.1 Å². The first-order valence-electron chi connectivity index (χ1n) is 8.31. The molecule has 0 unspecified atom stereocenters. The second kappa shape index (κ2) is 16.1. The highest BCUT2D eigenvalue weighted by molar-refractivity contribution is 6.56. The molecular weight excluding hydrogens is 507 g/mol. The van der Waals surface area contributed by atoms with Gasteiger partial charge in [0.05, 0.1) is 36.1 Å². The molecule has 11 heteroatoms. The summed E-state index contributed by atoms with van der Waals surface area (Å²) in [5.74, 6) is 0.887. The number of unbranched alkanes of at least 4 members (excludes halogenated alkanes) is 1. The highest BCUT2D eigenvalue weighted by Gasteiger charge is 2.10. The van der Waals surface area contributed by atoms with Gasteiger partial charge in [0.25, 0.3) is 0 Å². The zero-order valence-corrected chi connectivity index (χ0v) is 19.6. The molecule has 1 aromatic carbocycles. The topological polar surface area (TPSA) is 49.0 Å². The Morgan fingerprint density at radius 2 is 1.48 bits per heavy atom. The van der Waals surface area contributed by atoms with Crippen molar-refractivity contribution in [3.05, 3.63) is 55.8 Å². The maximum absolute atomic E-state index is 6.20. The predicted molar refractivity (Wildman–Crippen MR) is 120 cm³/mol. The lowest BCUT2D eigenvalue weighted by Gasteiger charge is -2.12. The summed E-state index contributed by atoms with van der Waals surface area (Å²) in [7, 11) is 0. The van der Waals surface area contributed by atoms with Gasteiger partial charge in [-0.15, -0.1) is 0 Å². The fraction of sp³-hybridized carbons (Fsp3) is 0.333. The zero-order valence-electron chi connectivity index (χ0n) is 15.1. The van der Waals surface area contributed by atoms with E-state index in [2.05, 4.69) is 5.48 Å². The molecule has 0 aliphatic carbocycles. The zero-order chi connectivity index (χ0) is 21.5. The van der Waals surface area contributed by atoms with Crippen molar-refractivity contribution in [2.24, 2.45) is 0 Å². The van der Waals surface area contributed by atoms with E-state index < -0.39 is 0 Å². The first-order chi connectivity index (χ1) is 13.9. The summed E-state index contributed by atoms with van der Waals surface area (Å²) < 4.78 is 16.6. The number of hydrogen-bond donors (Lipinski definition) is 1. The van der Waals surface area contributed by atoms with Crippen LogP contribution in [0.2, 0.25) is 10.0 Å². The SMILES string of the molecule is ClC(Cl)=CCONC=COCCCCOc1c(Cl)cc(OCC=C(Cl)Cl)cc1Cl. The van der Waals surface area contributed by atoms with E-state index in [9.17, 15) is 0 Å². The van der Waals surface area contributed by atoms with Crippen LogP contribution in [0.4, 0.5) is 0 Å². The molecule has 0 amide bonds. The van der Waals surface area contributed by atoms with Gasteiger partial charge in [-0.3, -0.25) is 10.3 Å². The second-order valence-corrected chi connectivity index (χ2v) is 8.00. The third-order valence-electron chi connectivity index (χ3n) is 3.00. The molecule has 29 heavy (non-hydrogen) atoms. The molecule has 0 fully saturated rings. The Morgan fingerprint density at radius 3 is 2.14 bits per heavy atom. The van der Waals surface area contributed by atoms with Gasteiger partial charge in [0.15, 0.2) is 5.75 Å². The lowest BCUT2D eigenvalue weighted by molar-refractivity contribution is 0.0920. The number of rotatable bonds is 14. The Hall–Kier alpha value is -0.660. The van der Waals surface area contributed by atoms with Crippen molar-refractivity contribution >= 4 is 69.6 Å². The fourth-order valence-corrected chi connectivity index (χ4v) is 2.59. The van der Waals surface area contributed by atoms with Crippen LogP contribution in [0.25, 0.3) is 0 Å². The van der Waals surface area contributed by atoms with Gasteiger partial charge in [0.2, 0.25) is 0 Å². The maximum Gasteiger partial charge on any atom is 0.156 e. The molecule has 0 bridgehead atoms. The largest absolute Gasteiger partial charge is 0.500 e. The summed E-state index contributed by atoms with van der Waals surface area (Å²) in [6.07, 6.45) is 7.51. The van der Waals surface area contributed by atoms with Crippen LogP contribution in [-0.4, -0.2) is 26.4 Å². The van der Waals surface area contributed by atoms with E-state index in [1.165, 1.54) is 24.6 Å². The van der Waals surface area contributed by atoms with Crippen LogP contribution in [0.15, 0.2) is 45.7 Å². The number of hydroxylamine groups is 1. The number of ether oxygens (including phenoxy) is 3. The van der Waals surface area contributed by atoms with Crippen molar-refractivity contribution in [3.63, 3.8) is 0 Å². The van der Waals surface area contributed by atoms with Crippen molar-refractivity contribution in [3.8, 4) is 11.5 Å². The monoisotopic (exact) mass is 523 g/mol. The minimum absolute atomic E-state index is 0.122. The molecule has 162 valence electrons. The third kappa shape index (κ3) is 13.3. The van der Waals surface area contributed by atoms with E-state index in [0.717, 1.165) is 12.8 Å². The van der Waals surface area contributed by atoms with Crippen LogP contribution in [-0.2, 0) is 9.57 Å². The van der Waals surface area contributed by atoms with Crippen molar-refractivity contribution in [2.75, 3.05) is 26.4 Å². The van der Waals surface area contributed by atoms with E-state index in [0.29, 0.717) is 34.8 Å². The molecule has 0 atom stereocenters. The smallest absolute Gasteiger partial charge is 0.156 e. The van der Waals surface area contributed by atoms with E-state index in [1.54, 1.807) is 12.1 Å². The normalized spacial score (nSPS) is 10.6. The Kier molecular flexibility index (Phi) is 14.6. The molecule has 0 saturated heterocycles. The van der Waals surface area contributed by atoms with Crippen LogP contribution in [0.5, 0.6) is 11.5 Å². The summed E-state index contributed by atoms with van der Waals surface area (Å²) in [5, 5.41) is 0.702. The molecule has 0 aromatic heterocycles. The number of halogens is 6. The van der Waals surface area contributed by atoms with Crippen molar-refractivity contribution in [1.82, 2.24) is 5.48 Å². The average Bonchev–Trinajstić information content (AvgIpc) is 2.64. The molecule has 1 aromatic rings. The van der Waals surface area contributed by atoms with Crippen LogP contribution in [0, 0.1) is 0 Å². The first-order valence-corrected chi connectivity index (χ1v) is 10.6. The quantitative estimate of drug-likeness (QED) is 0.158. The summed E-state index contributed by atoms with van der Waals surface area (Å²) >= 11 is 34.3.